The first-order valence-electron chi connectivity index (χ1n) is 4.86. The molecule has 0 bridgehead atoms. The maximum atomic E-state index is 10.7. The molecule has 0 heterocycles. The lowest BCUT2D eigenvalue weighted by Gasteiger charge is -2.16. The van der Waals surface area contributed by atoms with E-state index in [9.17, 15) is 10.1 Å². The van der Waals surface area contributed by atoms with Gasteiger partial charge < -0.3 is 10.6 Å². The van der Waals surface area contributed by atoms with Gasteiger partial charge in [0.05, 0.1) is 9.40 Å². The highest BCUT2D eigenvalue weighted by molar-refractivity contribution is 9.10. The average Bonchev–Trinajstić information content (AvgIpc) is 2.21. The summed E-state index contributed by atoms with van der Waals surface area (Å²) in [5.41, 5.74) is 6.43. The molecule has 1 aromatic carbocycles. The summed E-state index contributed by atoms with van der Waals surface area (Å²) in [6.07, 6.45) is 0. The number of benzene rings is 1. The number of halogens is 1. The summed E-state index contributed by atoms with van der Waals surface area (Å²) in [5.74, 6) is 0. The van der Waals surface area contributed by atoms with Gasteiger partial charge in [0.2, 0.25) is 0 Å². The Bertz CT molecular complexity index is 384. The molecule has 6 heteroatoms. The second-order valence-corrected chi connectivity index (χ2v) is 4.33. The third-order valence-electron chi connectivity index (χ3n) is 2.21. The minimum atomic E-state index is -0.392. The monoisotopic (exact) mass is 287 g/mol. The largest absolute Gasteiger partial charge is 0.329 e. The maximum Gasteiger partial charge on any atom is 0.283 e. The zero-order chi connectivity index (χ0) is 12.1. The van der Waals surface area contributed by atoms with Gasteiger partial charge in [0.25, 0.3) is 5.69 Å². The number of nitrogens with two attached hydrogens (primary N) is 1. The SMILES string of the molecule is CN(CCN)Cc1cccc([N+](=O)[O-])c1Br. The van der Waals surface area contributed by atoms with E-state index >= 15 is 0 Å². The van der Waals surface area contributed by atoms with Gasteiger partial charge in [-0.1, -0.05) is 12.1 Å². The van der Waals surface area contributed by atoms with Crippen LogP contribution in [0.1, 0.15) is 5.56 Å². The fraction of sp³-hybridized carbons (Fsp3) is 0.400. The molecular formula is C10H14BrN3O2. The first-order chi connectivity index (χ1) is 7.56. The fourth-order valence-corrected chi connectivity index (χ4v) is 1.95. The lowest BCUT2D eigenvalue weighted by Crippen LogP contribution is -2.25. The molecule has 0 amide bonds. The summed E-state index contributed by atoms with van der Waals surface area (Å²) in [7, 11) is 1.93. The number of nitrogens with zero attached hydrogens (tertiary/aromatic N) is 2. The smallest absolute Gasteiger partial charge is 0.283 e. The summed E-state index contributed by atoms with van der Waals surface area (Å²) < 4.78 is 0.545. The molecule has 2 N–H and O–H groups in total. The van der Waals surface area contributed by atoms with Crippen molar-refractivity contribution in [3.05, 3.63) is 38.3 Å². The Hall–Kier alpha value is -0.980. The predicted molar refractivity (Wildman–Crippen MR) is 66.2 cm³/mol. The molecule has 0 saturated heterocycles. The van der Waals surface area contributed by atoms with Crippen molar-refractivity contribution in [1.82, 2.24) is 4.90 Å². The van der Waals surface area contributed by atoms with Crippen molar-refractivity contribution < 1.29 is 4.92 Å². The fourth-order valence-electron chi connectivity index (χ4n) is 1.42. The summed E-state index contributed by atoms with van der Waals surface area (Å²) >= 11 is 3.26. The van der Waals surface area contributed by atoms with E-state index in [0.29, 0.717) is 17.6 Å². The van der Waals surface area contributed by atoms with E-state index in [0.717, 1.165) is 12.1 Å². The minimum Gasteiger partial charge on any atom is -0.329 e. The number of rotatable bonds is 5. The van der Waals surface area contributed by atoms with Crippen molar-refractivity contribution in [2.45, 2.75) is 6.54 Å². The molecule has 0 spiro atoms. The number of hydrogen-bond acceptors (Lipinski definition) is 4. The van der Waals surface area contributed by atoms with Crippen molar-refractivity contribution in [2.75, 3.05) is 20.1 Å². The first kappa shape index (κ1) is 13.1. The summed E-state index contributed by atoms with van der Waals surface area (Å²) in [6.45, 7) is 1.97. The quantitative estimate of drug-likeness (QED) is 0.661. The number of likely N-dealkylation sites (N-methyl/N-ethyl adjacent to an activating group) is 1. The van der Waals surface area contributed by atoms with Gasteiger partial charge in [-0.15, -0.1) is 0 Å². The van der Waals surface area contributed by atoms with Crippen LogP contribution in [-0.4, -0.2) is 30.0 Å². The molecule has 1 rings (SSSR count). The Balaban J connectivity index is 2.89. The van der Waals surface area contributed by atoms with Crippen LogP contribution in [0.25, 0.3) is 0 Å². The molecule has 0 aliphatic rings. The van der Waals surface area contributed by atoms with Crippen molar-refractivity contribution in [2.24, 2.45) is 5.73 Å². The second-order valence-electron chi connectivity index (χ2n) is 3.53. The molecule has 0 atom stereocenters. The van der Waals surface area contributed by atoms with Gasteiger partial charge in [-0.25, -0.2) is 0 Å². The lowest BCUT2D eigenvalue weighted by atomic mass is 10.2. The molecule has 0 radical (unpaired) electrons. The van der Waals surface area contributed by atoms with Crippen LogP contribution in [-0.2, 0) is 6.54 Å². The minimum absolute atomic E-state index is 0.0960. The lowest BCUT2D eigenvalue weighted by molar-refractivity contribution is -0.385. The van der Waals surface area contributed by atoms with E-state index in [1.165, 1.54) is 6.07 Å². The Labute approximate surface area is 103 Å². The molecular weight excluding hydrogens is 274 g/mol. The van der Waals surface area contributed by atoms with Crippen LogP contribution >= 0.6 is 15.9 Å². The standard InChI is InChI=1S/C10H14BrN3O2/c1-13(6-5-12)7-8-3-2-4-9(10(8)11)14(15)16/h2-4H,5-7,12H2,1H3. The van der Waals surface area contributed by atoms with Crippen LogP contribution in [0, 0.1) is 10.1 Å². The van der Waals surface area contributed by atoms with Crippen LogP contribution in [0.2, 0.25) is 0 Å². The molecule has 0 aliphatic carbocycles. The normalized spacial score (nSPS) is 10.8. The molecule has 1 aromatic rings. The third-order valence-corrected chi connectivity index (χ3v) is 3.12. The van der Waals surface area contributed by atoms with E-state index in [-0.39, 0.29) is 5.69 Å². The van der Waals surface area contributed by atoms with Gasteiger partial charge in [0, 0.05) is 25.7 Å². The highest BCUT2D eigenvalue weighted by Crippen LogP contribution is 2.28. The van der Waals surface area contributed by atoms with Crippen molar-refractivity contribution in [1.29, 1.82) is 0 Å². The maximum absolute atomic E-state index is 10.7. The zero-order valence-corrected chi connectivity index (χ0v) is 10.6. The Morgan fingerprint density at radius 1 is 1.56 bits per heavy atom. The highest BCUT2D eigenvalue weighted by Gasteiger charge is 2.15. The summed E-state index contributed by atoms with van der Waals surface area (Å²) in [6, 6.07) is 5.04. The van der Waals surface area contributed by atoms with Crippen LogP contribution in [0.4, 0.5) is 5.69 Å². The van der Waals surface area contributed by atoms with Gasteiger partial charge in [-0.05, 0) is 28.5 Å². The summed E-state index contributed by atoms with van der Waals surface area (Å²) in [4.78, 5) is 12.4. The van der Waals surface area contributed by atoms with E-state index in [2.05, 4.69) is 15.9 Å². The second kappa shape index (κ2) is 5.93. The van der Waals surface area contributed by atoms with E-state index < -0.39 is 4.92 Å². The van der Waals surface area contributed by atoms with Gasteiger partial charge in [0.1, 0.15) is 0 Å². The third kappa shape index (κ3) is 3.26. The van der Waals surface area contributed by atoms with Crippen LogP contribution in [0.15, 0.2) is 22.7 Å². The van der Waals surface area contributed by atoms with E-state index in [1.807, 2.05) is 18.0 Å². The molecule has 0 unspecified atom stereocenters. The molecule has 5 nitrogen and oxygen atoms in total. The number of hydrogen-bond donors (Lipinski definition) is 1. The zero-order valence-electron chi connectivity index (χ0n) is 9.02. The topological polar surface area (TPSA) is 72.4 Å². The molecule has 16 heavy (non-hydrogen) atoms. The van der Waals surface area contributed by atoms with Crippen molar-refractivity contribution in [3.63, 3.8) is 0 Å². The first-order valence-corrected chi connectivity index (χ1v) is 5.66. The molecule has 0 aromatic heterocycles. The molecule has 0 saturated carbocycles. The van der Waals surface area contributed by atoms with E-state index in [1.54, 1.807) is 6.07 Å². The molecule has 0 aliphatic heterocycles. The average molecular weight is 288 g/mol. The Kier molecular flexibility index (Phi) is 4.85. The van der Waals surface area contributed by atoms with Crippen LogP contribution in [0.5, 0.6) is 0 Å². The Morgan fingerprint density at radius 2 is 2.25 bits per heavy atom. The predicted octanol–water partition coefficient (Wildman–Crippen LogP) is 1.75. The van der Waals surface area contributed by atoms with Crippen LogP contribution in [0.3, 0.4) is 0 Å². The molecule has 88 valence electrons. The van der Waals surface area contributed by atoms with Crippen LogP contribution < -0.4 is 5.73 Å². The van der Waals surface area contributed by atoms with Gasteiger partial charge >= 0.3 is 0 Å². The van der Waals surface area contributed by atoms with Gasteiger partial charge in [-0.3, -0.25) is 10.1 Å². The highest BCUT2D eigenvalue weighted by atomic mass is 79.9. The number of nitro groups is 1. The van der Waals surface area contributed by atoms with E-state index in [4.69, 9.17) is 5.73 Å². The van der Waals surface area contributed by atoms with Gasteiger partial charge in [0.15, 0.2) is 0 Å². The van der Waals surface area contributed by atoms with Crippen molar-refractivity contribution in [3.8, 4) is 0 Å². The van der Waals surface area contributed by atoms with Gasteiger partial charge in [-0.2, -0.15) is 0 Å². The van der Waals surface area contributed by atoms with Crippen molar-refractivity contribution >= 4 is 21.6 Å². The number of nitro benzene ring substituents is 1. The molecule has 0 fully saturated rings. The Morgan fingerprint density at radius 3 is 2.81 bits per heavy atom. The summed E-state index contributed by atoms with van der Waals surface area (Å²) in [5, 5.41) is 10.7.